The molecule has 0 saturated heterocycles. The molecule has 1 nitrogen and oxygen atoms in total. The van der Waals surface area contributed by atoms with Gasteiger partial charge in [0, 0.05) is 6.04 Å². The molecule has 0 amide bonds. The first-order valence-corrected chi connectivity index (χ1v) is 11.6. The lowest BCUT2D eigenvalue weighted by atomic mass is 10.0. The number of nitrogens with two attached hydrogens (primary N) is 1. The van der Waals surface area contributed by atoms with E-state index in [4.69, 9.17) is 5.73 Å². The van der Waals surface area contributed by atoms with Crippen molar-refractivity contribution in [2.75, 3.05) is 0 Å². The van der Waals surface area contributed by atoms with Crippen molar-refractivity contribution in [2.24, 2.45) is 5.73 Å². The molecule has 1 unspecified atom stereocenters. The van der Waals surface area contributed by atoms with Crippen molar-refractivity contribution in [3.8, 4) is 0 Å². The van der Waals surface area contributed by atoms with Crippen LogP contribution in [0.5, 0.6) is 0 Å². The van der Waals surface area contributed by atoms with E-state index in [0.29, 0.717) is 6.04 Å². The van der Waals surface area contributed by atoms with Gasteiger partial charge in [0.2, 0.25) is 0 Å². The molecular formula is C23H49N. The summed E-state index contributed by atoms with van der Waals surface area (Å²) in [5.41, 5.74) is 6.20. The van der Waals surface area contributed by atoms with Crippen molar-refractivity contribution in [2.45, 2.75) is 148 Å². The van der Waals surface area contributed by atoms with Gasteiger partial charge in [-0.1, -0.05) is 129 Å². The normalized spacial score (nSPS) is 12.6. The molecule has 0 aliphatic carbocycles. The van der Waals surface area contributed by atoms with Gasteiger partial charge in [-0.05, 0) is 12.8 Å². The molecule has 2 N–H and O–H groups in total. The molecule has 0 aliphatic heterocycles. The van der Waals surface area contributed by atoms with Gasteiger partial charge >= 0.3 is 0 Å². The van der Waals surface area contributed by atoms with E-state index >= 15 is 0 Å². The van der Waals surface area contributed by atoms with Crippen molar-refractivity contribution in [3.05, 3.63) is 0 Å². The predicted molar refractivity (Wildman–Crippen MR) is 112 cm³/mol. The SMILES string of the molecule is CCCCCCCCCCCCCCCCC(N)CCCCCC. The third kappa shape index (κ3) is 20.0. The van der Waals surface area contributed by atoms with Crippen molar-refractivity contribution < 1.29 is 0 Å². The highest BCUT2D eigenvalue weighted by molar-refractivity contribution is 4.61. The van der Waals surface area contributed by atoms with E-state index in [0.717, 1.165) is 0 Å². The summed E-state index contributed by atoms with van der Waals surface area (Å²) in [6.07, 6.45) is 28.1. The topological polar surface area (TPSA) is 26.0 Å². The first kappa shape index (κ1) is 24.0. The van der Waals surface area contributed by atoms with Crippen molar-refractivity contribution in [3.63, 3.8) is 0 Å². The average Bonchev–Trinajstić information content (AvgIpc) is 2.59. The van der Waals surface area contributed by atoms with Crippen LogP contribution in [0.1, 0.15) is 142 Å². The Morgan fingerprint density at radius 2 is 0.667 bits per heavy atom. The molecule has 0 fully saturated rings. The van der Waals surface area contributed by atoms with Crippen LogP contribution in [-0.2, 0) is 0 Å². The summed E-state index contributed by atoms with van der Waals surface area (Å²) in [5.74, 6) is 0. The Labute approximate surface area is 154 Å². The Balaban J connectivity index is 3.06. The van der Waals surface area contributed by atoms with Gasteiger partial charge in [0.15, 0.2) is 0 Å². The molecule has 24 heavy (non-hydrogen) atoms. The van der Waals surface area contributed by atoms with Gasteiger partial charge in [0.25, 0.3) is 0 Å². The van der Waals surface area contributed by atoms with Crippen LogP contribution in [0.25, 0.3) is 0 Å². The molecule has 0 bridgehead atoms. The highest BCUT2D eigenvalue weighted by Crippen LogP contribution is 2.14. The van der Waals surface area contributed by atoms with Gasteiger partial charge in [0.1, 0.15) is 0 Å². The standard InChI is InChI=1S/C23H49N/c1-3-5-7-9-10-11-12-13-14-15-16-17-18-20-22-23(24)21-19-8-6-4-2/h23H,3-22,24H2,1-2H3. The van der Waals surface area contributed by atoms with E-state index in [1.54, 1.807) is 0 Å². The molecule has 0 saturated carbocycles. The molecule has 0 spiro atoms. The van der Waals surface area contributed by atoms with Gasteiger partial charge in [-0.2, -0.15) is 0 Å². The van der Waals surface area contributed by atoms with Crippen LogP contribution >= 0.6 is 0 Å². The molecular weight excluding hydrogens is 290 g/mol. The second-order valence-electron chi connectivity index (χ2n) is 7.99. The summed E-state index contributed by atoms with van der Waals surface area (Å²) in [5, 5.41) is 0. The van der Waals surface area contributed by atoms with Crippen LogP contribution in [0.3, 0.4) is 0 Å². The zero-order valence-corrected chi connectivity index (χ0v) is 17.3. The molecule has 0 radical (unpaired) electrons. The lowest BCUT2D eigenvalue weighted by Gasteiger charge is -2.11. The molecule has 0 aromatic carbocycles. The molecule has 1 atom stereocenters. The summed E-state index contributed by atoms with van der Waals surface area (Å²) >= 11 is 0. The van der Waals surface area contributed by atoms with Crippen LogP contribution in [0.4, 0.5) is 0 Å². The fraction of sp³-hybridized carbons (Fsp3) is 1.00. The summed E-state index contributed by atoms with van der Waals surface area (Å²) in [6.45, 7) is 4.57. The quantitative estimate of drug-likeness (QED) is 0.222. The van der Waals surface area contributed by atoms with E-state index in [1.807, 2.05) is 0 Å². The number of rotatable bonds is 20. The van der Waals surface area contributed by atoms with E-state index in [9.17, 15) is 0 Å². The third-order valence-electron chi connectivity index (χ3n) is 5.36. The summed E-state index contributed by atoms with van der Waals surface area (Å²) < 4.78 is 0. The van der Waals surface area contributed by atoms with Gasteiger partial charge in [-0.3, -0.25) is 0 Å². The molecule has 146 valence electrons. The van der Waals surface area contributed by atoms with Crippen LogP contribution in [-0.4, -0.2) is 6.04 Å². The maximum atomic E-state index is 6.20. The smallest absolute Gasteiger partial charge is 0.00388 e. The van der Waals surface area contributed by atoms with E-state index in [2.05, 4.69) is 13.8 Å². The predicted octanol–water partition coefficient (Wildman–Crippen LogP) is 8.16. The Bertz CT molecular complexity index is 214. The Morgan fingerprint density at radius 1 is 0.417 bits per heavy atom. The molecule has 0 rings (SSSR count). The second-order valence-corrected chi connectivity index (χ2v) is 7.99. The lowest BCUT2D eigenvalue weighted by molar-refractivity contribution is 0.484. The van der Waals surface area contributed by atoms with Crippen LogP contribution in [0.2, 0.25) is 0 Å². The second kappa shape index (κ2) is 21.0. The molecule has 1 heteroatoms. The van der Waals surface area contributed by atoms with Gasteiger partial charge in [-0.25, -0.2) is 0 Å². The van der Waals surface area contributed by atoms with Crippen molar-refractivity contribution in [1.29, 1.82) is 0 Å². The average molecular weight is 340 g/mol. The number of unbranched alkanes of at least 4 members (excludes halogenated alkanes) is 16. The molecule has 0 aromatic heterocycles. The van der Waals surface area contributed by atoms with Crippen LogP contribution in [0.15, 0.2) is 0 Å². The number of hydrogen-bond donors (Lipinski definition) is 1. The maximum absolute atomic E-state index is 6.20. The van der Waals surface area contributed by atoms with Gasteiger partial charge < -0.3 is 5.73 Å². The van der Waals surface area contributed by atoms with E-state index in [1.165, 1.54) is 128 Å². The van der Waals surface area contributed by atoms with Crippen molar-refractivity contribution >= 4 is 0 Å². The van der Waals surface area contributed by atoms with Gasteiger partial charge in [-0.15, -0.1) is 0 Å². The maximum Gasteiger partial charge on any atom is 0.00388 e. The fourth-order valence-corrected chi connectivity index (χ4v) is 3.58. The summed E-state index contributed by atoms with van der Waals surface area (Å²) in [4.78, 5) is 0. The zero-order valence-electron chi connectivity index (χ0n) is 17.3. The Kier molecular flexibility index (Phi) is 21.0. The first-order valence-electron chi connectivity index (χ1n) is 11.6. The molecule has 0 aromatic rings. The summed E-state index contributed by atoms with van der Waals surface area (Å²) in [7, 11) is 0. The minimum atomic E-state index is 0.471. The first-order chi connectivity index (χ1) is 11.8. The molecule has 0 aliphatic rings. The van der Waals surface area contributed by atoms with Gasteiger partial charge in [0.05, 0.1) is 0 Å². The minimum Gasteiger partial charge on any atom is -0.328 e. The highest BCUT2D eigenvalue weighted by Gasteiger charge is 2.02. The Hall–Kier alpha value is -0.0400. The largest absolute Gasteiger partial charge is 0.328 e. The molecule has 0 heterocycles. The monoisotopic (exact) mass is 339 g/mol. The van der Waals surface area contributed by atoms with Crippen molar-refractivity contribution in [1.82, 2.24) is 0 Å². The van der Waals surface area contributed by atoms with E-state index < -0.39 is 0 Å². The summed E-state index contributed by atoms with van der Waals surface area (Å²) in [6, 6.07) is 0.471. The van der Waals surface area contributed by atoms with Crippen LogP contribution in [0, 0.1) is 0 Å². The van der Waals surface area contributed by atoms with Crippen LogP contribution < -0.4 is 5.73 Å². The van der Waals surface area contributed by atoms with E-state index in [-0.39, 0.29) is 0 Å². The Morgan fingerprint density at radius 3 is 1.00 bits per heavy atom. The number of hydrogen-bond acceptors (Lipinski definition) is 1. The highest BCUT2D eigenvalue weighted by atomic mass is 14.6. The lowest BCUT2D eigenvalue weighted by Crippen LogP contribution is -2.19. The minimum absolute atomic E-state index is 0.471. The fourth-order valence-electron chi connectivity index (χ4n) is 3.58. The zero-order chi connectivity index (χ0) is 17.7. The third-order valence-corrected chi connectivity index (χ3v) is 5.36.